The van der Waals surface area contributed by atoms with E-state index in [-0.39, 0.29) is 56.6 Å². The molecule has 1 aromatic heterocycles. The van der Waals surface area contributed by atoms with Crippen LogP contribution < -0.4 is 15.8 Å². The van der Waals surface area contributed by atoms with Gasteiger partial charge in [-0.3, -0.25) is 4.57 Å². The van der Waals surface area contributed by atoms with Crippen LogP contribution in [-0.2, 0) is 0 Å². The average molecular weight is 457 g/mol. The van der Waals surface area contributed by atoms with Gasteiger partial charge < -0.3 is 4.90 Å². The van der Waals surface area contributed by atoms with Crippen molar-refractivity contribution in [2.24, 2.45) is 0 Å². The van der Waals surface area contributed by atoms with Crippen LogP contribution in [0.15, 0.2) is 53.9 Å². The SMILES string of the molecule is C=C(C)/C(F)=C1/B2c3c(cc(F)cc3-n3c(F)nc4cc(F)c(F)c2c43)N(CC)C1=C.CC. The summed E-state index contributed by atoms with van der Waals surface area (Å²) in [4.78, 5) is 5.26. The van der Waals surface area contributed by atoms with Gasteiger partial charge in [-0.1, -0.05) is 27.0 Å². The summed E-state index contributed by atoms with van der Waals surface area (Å²) in [7, 11) is 0. The van der Waals surface area contributed by atoms with Gasteiger partial charge in [-0.2, -0.15) is 4.39 Å². The normalized spacial score (nSPS) is 15.4. The molecule has 0 saturated heterocycles. The Kier molecular flexibility index (Phi) is 5.46. The summed E-state index contributed by atoms with van der Waals surface area (Å²) in [5, 5.41) is 0. The molecule has 170 valence electrons. The van der Waals surface area contributed by atoms with E-state index in [9.17, 15) is 13.2 Å². The van der Waals surface area contributed by atoms with Crippen LogP contribution in [0.5, 0.6) is 0 Å². The minimum Gasteiger partial charge on any atom is -0.343 e. The van der Waals surface area contributed by atoms with E-state index < -0.39 is 36.1 Å². The second-order valence-electron chi connectivity index (χ2n) is 7.66. The molecule has 3 aromatic rings. The molecule has 2 aliphatic rings. The topological polar surface area (TPSA) is 21.1 Å². The summed E-state index contributed by atoms with van der Waals surface area (Å²) < 4.78 is 75.6. The van der Waals surface area contributed by atoms with Crippen LogP contribution in [0.3, 0.4) is 0 Å². The number of halogens is 5. The molecule has 3 heterocycles. The molecule has 0 amide bonds. The molecule has 0 unspecified atom stereocenters. The maximum absolute atomic E-state index is 15.4. The lowest BCUT2D eigenvalue weighted by Gasteiger charge is -2.41. The maximum Gasteiger partial charge on any atom is 0.294 e. The van der Waals surface area contributed by atoms with Crippen LogP contribution in [0, 0.1) is 23.5 Å². The third-order valence-electron chi connectivity index (χ3n) is 5.89. The quantitative estimate of drug-likeness (QED) is 0.389. The molecule has 0 N–H and O–H groups in total. The van der Waals surface area contributed by atoms with Crippen molar-refractivity contribution in [1.29, 1.82) is 0 Å². The third-order valence-corrected chi connectivity index (χ3v) is 5.89. The van der Waals surface area contributed by atoms with Crippen LogP contribution in [0.1, 0.15) is 27.7 Å². The fourth-order valence-electron chi connectivity index (χ4n) is 4.70. The maximum atomic E-state index is 15.4. The first-order valence-corrected chi connectivity index (χ1v) is 10.6. The van der Waals surface area contributed by atoms with Crippen molar-refractivity contribution in [3.8, 4) is 5.69 Å². The third kappa shape index (κ3) is 2.98. The van der Waals surface area contributed by atoms with Crippen molar-refractivity contribution in [2.75, 3.05) is 11.4 Å². The summed E-state index contributed by atoms with van der Waals surface area (Å²) in [5.41, 5.74) is 0.301. The second kappa shape index (κ2) is 7.90. The number of benzene rings is 2. The number of fused-ring (bicyclic) bond motifs is 2. The Hall–Kier alpha value is -3.36. The average Bonchev–Trinajstić information content (AvgIpc) is 3.10. The highest BCUT2D eigenvalue weighted by Gasteiger charge is 2.46. The number of rotatable bonds is 2. The predicted octanol–water partition coefficient (Wildman–Crippen LogP) is 5.22. The lowest BCUT2D eigenvalue weighted by molar-refractivity contribution is 0.515. The van der Waals surface area contributed by atoms with Crippen molar-refractivity contribution in [3.05, 3.63) is 77.5 Å². The van der Waals surface area contributed by atoms with Crippen LogP contribution in [-0.4, -0.2) is 22.8 Å². The first-order valence-electron chi connectivity index (χ1n) is 10.6. The van der Waals surface area contributed by atoms with Gasteiger partial charge in [-0.05, 0) is 48.0 Å². The number of allylic oxidation sites excluding steroid dienone is 3. The van der Waals surface area contributed by atoms with Crippen molar-refractivity contribution < 1.29 is 22.0 Å². The number of likely N-dealkylation sites (N-methyl/N-ethyl adjacent to an activating group) is 1. The molecule has 0 fully saturated rings. The standard InChI is InChI=1S/C22H15BF5N3.C2H6/c1-5-30-10(4)16(19(26)9(2)3)23-17-14(30)6-11(24)7-15(17)31-21-13(29-22(31)28)8-12(25)20(27)18(21)23;1-2/h6-8H,2,4-5H2,1,3H3;1-2H3/b19-16-;. The molecule has 5 rings (SSSR count). The Morgan fingerprint density at radius 1 is 1.06 bits per heavy atom. The summed E-state index contributed by atoms with van der Waals surface area (Å²) in [5.74, 6) is -3.89. The van der Waals surface area contributed by atoms with E-state index >= 15 is 8.78 Å². The van der Waals surface area contributed by atoms with Gasteiger partial charge in [-0.15, -0.1) is 0 Å². The van der Waals surface area contributed by atoms with Crippen molar-refractivity contribution >= 4 is 34.4 Å². The lowest BCUT2D eigenvalue weighted by Crippen LogP contribution is -2.57. The van der Waals surface area contributed by atoms with Crippen LogP contribution in [0.25, 0.3) is 16.7 Å². The van der Waals surface area contributed by atoms with Crippen molar-refractivity contribution in [2.45, 2.75) is 27.7 Å². The Labute approximate surface area is 188 Å². The summed E-state index contributed by atoms with van der Waals surface area (Å²) in [6, 6.07) is 3.05. The summed E-state index contributed by atoms with van der Waals surface area (Å²) in [6.07, 6.45) is -1.05. The number of hydrogen-bond donors (Lipinski definition) is 0. The molecule has 2 aromatic carbocycles. The summed E-state index contributed by atoms with van der Waals surface area (Å²) >= 11 is 0. The van der Waals surface area contributed by atoms with Gasteiger partial charge in [0.2, 0.25) is 0 Å². The number of nitrogens with zero attached hydrogens (tertiary/aromatic N) is 3. The van der Waals surface area contributed by atoms with Crippen molar-refractivity contribution in [3.63, 3.8) is 0 Å². The molecule has 3 nitrogen and oxygen atoms in total. The Morgan fingerprint density at radius 2 is 1.70 bits per heavy atom. The largest absolute Gasteiger partial charge is 0.343 e. The van der Waals surface area contributed by atoms with Crippen LogP contribution in [0.2, 0.25) is 0 Å². The molecular weight excluding hydrogens is 436 g/mol. The molecule has 0 radical (unpaired) electrons. The van der Waals surface area contributed by atoms with Gasteiger partial charge in [0.15, 0.2) is 11.6 Å². The van der Waals surface area contributed by atoms with Crippen molar-refractivity contribution in [1.82, 2.24) is 9.55 Å². The highest BCUT2D eigenvalue weighted by Crippen LogP contribution is 2.39. The molecular formula is C24H21BF5N3. The number of anilines is 1. The molecule has 0 bridgehead atoms. The van der Waals surface area contributed by atoms with Crippen LogP contribution in [0.4, 0.5) is 27.6 Å². The lowest BCUT2D eigenvalue weighted by atomic mass is 9.32. The van der Waals surface area contributed by atoms with E-state index in [2.05, 4.69) is 18.1 Å². The minimum atomic E-state index is -1.25. The highest BCUT2D eigenvalue weighted by molar-refractivity contribution is 6.95. The molecule has 0 aliphatic carbocycles. The number of aromatic nitrogens is 2. The fraction of sp³-hybridized carbons (Fsp3) is 0.208. The Morgan fingerprint density at radius 3 is 2.30 bits per heavy atom. The fourth-order valence-corrected chi connectivity index (χ4v) is 4.70. The Bertz CT molecular complexity index is 1390. The molecule has 0 atom stereocenters. The second-order valence-corrected chi connectivity index (χ2v) is 7.66. The van der Waals surface area contributed by atoms with E-state index in [0.29, 0.717) is 0 Å². The zero-order valence-electron chi connectivity index (χ0n) is 18.7. The van der Waals surface area contributed by atoms with E-state index in [1.165, 1.54) is 13.0 Å². The van der Waals surface area contributed by atoms with Crippen LogP contribution >= 0.6 is 0 Å². The molecule has 0 saturated carbocycles. The van der Waals surface area contributed by atoms with Gasteiger partial charge in [0, 0.05) is 24.0 Å². The van der Waals surface area contributed by atoms with Gasteiger partial charge in [-0.25, -0.2) is 22.5 Å². The highest BCUT2D eigenvalue weighted by atomic mass is 19.2. The number of hydrogen-bond acceptors (Lipinski definition) is 2. The molecule has 9 heteroatoms. The number of imidazole rings is 1. The van der Waals surface area contributed by atoms with Gasteiger partial charge in [0.25, 0.3) is 12.8 Å². The van der Waals surface area contributed by atoms with Gasteiger partial charge >= 0.3 is 0 Å². The minimum absolute atomic E-state index is 0.0200. The zero-order valence-corrected chi connectivity index (χ0v) is 18.7. The monoisotopic (exact) mass is 457 g/mol. The van der Waals surface area contributed by atoms with E-state index in [4.69, 9.17) is 0 Å². The zero-order chi connectivity index (χ0) is 24.4. The molecule has 2 aliphatic heterocycles. The smallest absolute Gasteiger partial charge is 0.294 e. The van der Waals surface area contributed by atoms with Gasteiger partial charge in [0.05, 0.1) is 16.7 Å². The first kappa shape index (κ1) is 22.8. The summed E-state index contributed by atoms with van der Waals surface area (Å²) in [6.45, 7) is 13.9. The predicted molar refractivity (Wildman–Crippen MR) is 122 cm³/mol. The van der Waals surface area contributed by atoms with E-state index in [1.807, 2.05) is 13.8 Å². The molecule has 0 spiro atoms. The van der Waals surface area contributed by atoms with E-state index in [0.717, 1.165) is 16.7 Å². The molecule has 33 heavy (non-hydrogen) atoms. The Balaban J connectivity index is 0.00000126. The van der Waals surface area contributed by atoms with Gasteiger partial charge in [0.1, 0.15) is 11.6 Å². The van der Waals surface area contributed by atoms with E-state index in [1.54, 1.807) is 11.8 Å². The first-order chi connectivity index (χ1) is 15.7.